The number of halogens is 2. The Labute approximate surface area is 147 Å². The molecule has 2 fully saturated rings. The van der Waals surface area contributed by atoms with E-state index in [0.29, 0.717) is 6.42 Å². The molecule has 1 aromatic rings. The van der Waals surface area contributed by atoms with Crippen molar-refractivity contribution in [3.05, 3.63) is 34.3 Å². The first kappa shape index (κ1) is 17.8. The van der Waals surface area contributed by atoms with Crippen molar-refractivity contribution in [3.8, 4) is 0 Å². The van der Waals surface area contributed by atoms with Crippen LogP contribution in [0, 0.1) is 5.92 Å². The molecule has 1 aliphatic carbocycles. The van der Waals surface area contributed by atoms with Gasteiger partial charge in [-0.3, -0.25) is 4.79 Å². The highest BCUT2D eigenvalue weighted by Crippen LogP contribution is 2.45. The predicted octanol–water partition coefficient (Wildman–Crippen LogP) is 3.76. The molecule has 0 bridgehead atoms. The van der Waals surface area contributed by atoms with Crippen LogP contribution in [0.3, 0.4) is 0 Å². The second kappa shape index (κ2) is 7.80. The van der Waals surface area contributed by atoms with E-state index in [-0.39, 0.29) is 23.9 Å². The van der Waals surface area contributed by atoms with Crippen molar-refractivity contribution in [3.63, 3.8) is 0 Å². The molecule has 0 aromatic heterocycles. The molecule has 22 heavy (non-hydrogen) atoms. The summed E-state index contributed by atoms with van der Waals surface area (Å²) in [6.07, 6.45) is 6.25. The van der Waals surface area contributed by atoms with Gasteiger partial charge in [0.25, 0.3) is 0 Å². The molecule has 0 atom stereocenters. The summed E-state index contributed by atoms with van der Waals surface area (Å²) in [6, 6.07) is 8.33. The second-order valence-corrected chi connectivity index (χ2v) is 7.28. The topological polar surface area (TPSA) is 41.1 Å². The molecule has 1 aliphatic heterocycles. The van der Waals surface area contributed by atoms with Gasteiger partial charge < -0.3 is 10.6 Å². The van der Waals surface area contributed by atoms with Crippen molar-refractivity contribution >= 4 is 34.2 Å². The third kappa shape index (κ3) is 4.46. The van der Waals surface area contributed by atoms with Crippen LogP contribution >= 0.6 is 28.3 Å². The maximum atomic E-state index is 12.2. The van der Waals surface area contributed by atoms with Crippen LogP contribution in [0.25, 0.3) is 0 Å². The van der Waals surface area contributed by atoms with Gasteiger partial charge in [-0.2, -0.15) is 0 Å². The van der Waals surface area contributed by atoms with Crippen LogP contribution in [0.4, 0.5) is 0 Å². The first-order valence-electron chi connectivity index (χ1n) is 7.96. The maximum absolute atomic E-state index is 12.2. The number of hydrogen-bond acceptors (Lipinski definition) is 2. The Morgan fingerprint density at radius 3 is 2.45 bits per heavy atom. The van der Waals surface area contributed by atoms with Gasteiger partial charge in [-0.1, -0.05) is 28.1 Å². The molecule has 1 amide bonds. The first-order valence-corrected chi connectivity index (χ1v) is 8.75. The fourth-order valence-electron chi connectivity index (χ4n) is 3.21. The van der Waals surface area contributed by atoms with Crippen LogP contribution in [0.1, 0.15) is 44.1 Å². The molecule has 1 aromatic carbocycles. The van der Waals surface area contributed by atoms with E-state index in [2.05, 4.69) is 50.8 Å². The summed E-state index contributed by atoms with van der Waals surface area (Å²) in [6.45, 7) is 2.21. The van der Waals surface area contributed by atoms with Crippen molar-refractivity contribution in [1.82, 2.24) is 10.6 Å². The minimum atomic E-state index is -0.0775. The van der Waals surface area contributed by atoms with Gasteiger partial charge in [-0.15, -0.1) is 12.4 Å². The monoisotopic (exact) mass is 386 g/mol. The van der Waals surface area contributed by atoms with Crippen molar-refractivity contribution in [2.45, 2.75) is 44.1 Å². The summed E-state index contributed by atoms with van der Waals surface area (Å²) in [4.78, 5) is 12.2. The third-order valence-electron chi connectivity index (χ3n) is 4.76. The highest BCUT2D eigenvalue weighted by molar-refractivity contribution is 9.10. The largest absolute Gasteiger partial charge is 0.347 e. The van der Waals surface area contributed by atoms with E-state index in [4.69, 9.17) is 0 Å². The minimum absolute atomic E-state index is 0. The lowest BCUT2D eigenvalue weighted by molar-refractivity contribution is -0.122. The first-order chi connectivity index (χ1) is 10.2. The van der Waals surface area contributed by atoms with Crippen LogP contribution in [-0.2, 0) is 10.3 Å². The molecule has 2 N–H and O–H groups in total. The zero-order valence-electron chi connectivity index (χ0n) is 12.7. The molecule has 1 saturated heterocycles. The highest BCUT2D eigenvalue weighted by atomic mass is 79.9. The van der Waals surface area contributed by atoms with Gasteiger partial charge in [0, 0.05) is 10.9 Å². The molecular weight excluding hydrogens is 364 g/mol. The lowest BCUT2D eigenvalue weighted by Gasteiger charge is -2.23. The summed E-state index contributed by atoms with van der Waals surface area (Å²) in [7, 11) is 0. The van der Waals surface area contributed by atoms with Gasteiger partial charge in [0.2, 0.25) is 5.91 Å². The van der Waals surface area contributed by atoms with Gasteiger partial charge in [0.05, 0.1) is 5.54 Å². The fraction of sp³-hybridized carbons (Fsp3) is 0.588. The van der Waals surface area contributed by atoms with Gasteiger partial charge in [0.1, 0.15) is 0 Å². The van der Waals surface area contributed by atoms with Gasteiger partial charge >= 0.3 is 0 Å². The van der Waals surface area contributed by atoms with Crippen LogP contribution < -0.4 is 10.6 Å². The highest BCUT2D eigenvalue weighted by Gasteiger charge is 2.45. The number of hydrogen-bond donors (Lipinski definition) is 2. The summed E-state index contributed by atoms with van der Waals surface area (Å²) in [5, 5.41) is 6.65. The standard InChI is InChI=1S/C17H23BrN2O.ClH/c18-15-4-2-14(3-5-15)17(9-10-17)20-16(21)6-1-13-7-11-19-12-8-13;/h2-5,13,19H,1,6-12H2,(H,20,21);1H. The number of benzene rings is 1. The summed E-state index contributed by atoms with van der Waals surface area (Å²) < 4.78 is 1.08. The summed E-state index contributed by atoms with van der Waals surface area (Å²) in [5.41, 5.74) is 1.16. The molecular formula is C17H24BrClN2O. The molecule has 3 nitrogen and oxygen atoms in total. The lowest BCUT2D eigenvalue weighted by atomic mass is 9.93. The molecule has 3 rings (SSSR count). The van der Waals surface area contributed by atoms with Gasteiger partial charge in [0.15, 0.2) is 0 Å². The van der Waals surface area contributed by atoms with Crippen LogP contribution in [0.2, 0.25) is 0 Å². The van der Waals surface area contributed by atoms with E-state index in [1.54, 1.807) is 0 Å². The van der Waals surface area contributed by atoms with Gasteiger partial charge in [-0.05, 0) is 68.8 Å². The Hall–Kier alpha value is -0.580. The molecule has 1 saturated carbocycles. The zero-order chi connectivity index (χ0) is 14.7. The van der Waals surface area contributed by atoms with Crippen molar-refractivity contribution < 1.29 is 4.79 Å². The SMILES string of the molecule is Cl.O=C(CCC1CCNCC1)NC1(c2ccc(Br)cc2)CC1. The minimum Gasteiger partial charge on any atom is -0.347 e. The number of piperidine rings is 1. The Morgan fingerprint density at radius 2 is 1.86 bits per heavy atom. The van der Waals surface area contributed by atoms with Crippen LogP contribution in [0.5, 0.6) is 0 Å². The van der Waals surface area contributed by atoms with E-state index in [1.807, 2.05) is 0 Å². The lowest BCUT2D eigenvalue weighted by Crippen LogP contribution is -2.35. The Bertz CT molecular complexity index is 496. The number of carbonyl (C=O) groups excluding carboxylic acids is 1. The average molecular weight is 388 g/mol. The van der Waals surface area contributed by atoms with Gasteiger partial charge in [-0.25, -0.2) is 0 Å². The van der Waals surface area contributed by atoms with Crippen LogP contribution in [0.15, 0.2) is 28.7 Å². The average Bonchev–Trinajstić information content (AvgIpc) is 3.27. The van der Waals surface area contributed by atoms with E-state index < -0.39 is 0 Å². The van der Waals surface area contributed by atoms with Crippen molar-refractivity contribution in [2.75, 3.05) is 13.1 Å². The number of carbonyl (C=O) groups is 1. The Morgan fingerprint density at radius 1 is 1.23 bits per heavy atom. The number of amides is 1. The van der Waals surface area contributed by atoms with Crippen LogP contribution in [-0.4, -0.2) is 19.0 Å². The molecule has 2 aliphatic rings. The Balaban J connectivity index is 0.00000176. The maximum Gasteiger partial charge on any atom is 0.220 e. The van der Waals surface area contributed by atoms with E-state index in [1.165, 1.54) is 18.4 Å². The van der Waals surface area contributed by atoms with E-state index >= 15 is 0 Å². The number of rotatable bonds is 5. The fourth-order valence-corrected chi connectivity index (χ4v) is 3.48. The van der Waals surface area contributed by atoms with Crippen molar-refractivity contribution in [1.29, 1.82) is 0 Å². The normalized spacial score (nSPS) is 20.0. The zero-order valence-corrected chi connectivity index (χ0v) is 15.1. The third-order valence-corrected chi connectivity index (χ3v) is 5.29. The quantitative estimate of drug-likeness (QED) is 0.808. The predicted molar refractivity (Wildman–Crippen MR) is 95.3 cm³/mol. The number of nitrogens with one attached hydrogen (secondary N) is 2. The summed E-state index contributed by atoms with van der Waals surface area (Å²) >= 11 is 3.46. The van der Waals surface area contributed by atoms with E-state index in [0.717, 1.165) is 42.7 Å². The molecule has 5 heteroatoms. The molecule has 0 radical (unpaired) electrons. The molecule has 1 heterocycles. The smallest absolute Gasteiger partial charge is 0.220 e. The molecule has 122 valence electrons. The Kier molecular flexibility index (Phi) is 6.30. The molecule has 0 spiro atoms. The summed E-state index contributed by atoms with van der Waals surface area (Å²) in [5.74, 6) is 0.939. The second-order valence-electron chi connectivity index (χ2n) is 6.37. The van der Waals surface area contributed by atoms with E-state index in [9.17, 15) is 4.79 Å². The van der Waals surface area contributed by atoms with Crippen molar-refractivity contribution in [2.24, 2.45) is 5.92 Å². The molecule has 0 unspecified atom stereocenters.